The van der Waals surface area contributed by atoms with Crippen molar-refractivity contribution in [1.82, 2.24) is 4.90 Å². The van der Waals surface area contributed by atoms with Crippen LogP contribution in [-0.2, 0) is 9.59 Å². The fraction of sp³-hybridized carbons (Fsp3) is 0.273. The molecule has 1 saturated heterocycles. The molecule has 31 heavy (non-hydrogen) atoms. The molecule has 1 fully saturated rings. The Kier molecular flexibility index (Phi) is 8.39. The maximum atomic E-state index is 12.9. The van der Waals surface area contributed by atoms with Crippen LogP contribution in [-0.4, -0.2) is 58.9 Å². The van der Waals surface area contributed by atoms with E-state index in [0.29, 0.717) is 16.8 Å². The number of Topliss-reactive ketones (excluding diaryl/α,β-unsaturated/α-hetero) is 1. The van der Waals surface area contributed by atoms with Crippen molar-refractivity contribution in [2.24, 2.45) is 5.92 Å². The normalized spacial score (nSPS) is 14.1. The molecular weight excluding hydrogens is 407 g/mol. The van der Waals surface area contributed by atoms with Crippen LogP contribution in [0.1, 0.15) is 33.6 Å². The highest BCUT2D eigenvalue weighted by Crippen LogP contribution is 2.22. The molecule has 0 unspecified atom stereocenters. The largest absolute Gasteiger partial charge is 0.473 e. The maximum absolute atomic E-state index is 12.9. The van der Waals surface area contributed by atoms with Gasteiger partial charge in [0.2, 0.25) is 0 Å². The van der Waals surface area contributed by atoms with E-state index in [1.54, 1.807) is 24.3 Å². The quantitative estimate of drug-likeness (QED) is 0.503. The smallest absolute Gasteiger partial charge is 0.414 e. The standard InChI is InChI=1S/C20H21FN2O2.C2H2O4/c1-23-11-9-14(10-12-23)19(24)16-3-2-4-18(13-16)22-20(25)15-5-7-17(21)8-6-15;3-1(4)2(5)6/h2-8,13-14H,9-12H2,1H3,(H,22,25);(H,3,4)(H,5,6). The second kappa shape index (κ2) is 11.0. The van der Waals surface area contributed by atoms with Gasteiger partial charge in [0.15, 0.2) is 5.78 Å². The molecule has 0 spiro atoms. The molecule has 0 bridgehead atoms. The van der Waals surface area contributed by atoms with E-state index in [1.807, 2.05) is 0 Å². The summed E-state index contributed by atoms with van der Waals surface area (Å²) in [5.74, 6) is -4.19. The third-order valence-corrected chi connectivity index (χ3v) is 4.78. The van der Waals surface area contributed by atoms with Crippen molar-refractivity contribution in [1.29, 1.82) is 0 Å². The summed E-state index contributed by atoms with van der Waals surface area (Å²) in [6.45, 7) is 1.86. The third-order valence-electron chi connectivity index (χ3n) is 4.78. The molecule has 1 aliphatic heterocycles. The van der Waals surface area contributed by atoms with E-state index >= 15 is 0 Å². The molecule has 0 aromatic heterocycles. The van der Waals surface area contributed by atoms with Crippen molar-refractivity contribution < 1.29 is 33.8 Å². The van der Waals surface area contributed by atoms with Crippen LogP contribution in [0.2, 0.25) is 0 Å². The van der Waals surface area contributed by atoms with Crippen LogP contribution in [0.5, 0.6) is 0 Å². The predicted molar refractivity (Wildman–Crippen MR) is 111 cm³/mol. The topological polar surface area (TPSA) is 124 Å². The molecule has 164 valence electrons. The summed E-state index contributed by atoms with van der Waals surface area (Å²) in [6.07, 6.45) is 1.73. The van der Waals surface area contributed by atoms with Crippen LogP contribution in [0.3, 0.4) is 0 Å². The SMILES string of the molecule is CN1CCC(C(=O)c2cccc(NC(=O)c3ccc(F)cc3)c2)CC1.O=C(O)C(=O)O. The molecule has 0 aliphatic carbocycles. The molecule has 0 radical (unpaired) electrons. The number of carboxylic acid groups (broad SMARTS) is 2. The summed E-state index contributed by atoms with van der Waals surface area (Å²) >= 11 is 0. The van der Waals surface area contributed by atoms with Crippen LogP contribution in [0.4, 0.5) is 10.1 Å². The zero-order chi connectivity index (χ0) is 23.0. The monoisotopic (exact) mass is 430 g/mol. The van der Waals surface area contributed by atoms with Gasteiger partial charge in [0, 0.05) is 22.7 Å². The highest BCUT2D eigenvalue weighted by molar-refractivity contribution is 6.27. The van der Waals surface area contributed by atoms with Crippen molar-refractivity contribution in [3.05, 3.63) is 65.5 Å². The number of carboxylic acids is 2. The van der Waals surface area contributed by atoms with Gasteiger partial charge in [0.1, 0.15) is 5.82 Å². The Hall–Kier alpha value is -3.59. The first-order valence-electron chi connectivity index (χ1n) is 9.53. The van der Waals surface area contributed by atoms with E-state index in [4.69, 9.17) is 19.8 Å². The van der Waals surface area contributed by atoms with E-state index < -0.39 is 11.9 Å². The molecule has 1 amide bonds. The number of halogens is 1. The Morgan fingerprint density at radius 3 is 2.06 bits per heavy atom. The van der Waals surface area contributed by atoms with Crippen molar-refractivity contribution in [3.8, 4) is 0 Å². The average Bonchev–Trinajstić information content (AvgIpc) is 2.75. The fourth-order valence-electron chi connectivity index (χ4n) is 3.06. The Bertz CT molecular complexity index is 941. The van der Waals surface area contributed by atoms with Crippen molar-refractivity contribution >= 4 is 29.3 Å². The summed E-state index contributed by atoms with van der Waals surface area (Å²) in [5, 5.41) is 17.5. The number of amides is 1. The number of likely N-dealkylation sites (tertiary alicyclic amines) is 1. The molecule has 9 heteroatoms. The Morgan fingerprint density at radius 1 is 0.935 bits per heavy atom. The number of piperidine rings is 1. The van der Waals surface area contributed by atoms with Gasteiger partial charge in [-0.15, -0.1) is 0 Å². The first-order chi connectivity index (χ1) is 14.7. The molecule has 8 nitrogen and oxygen atoms in total. The van der Waals surface area contributed by atoms with Gasteiger partial charge in [-0.2, -0.15) is 0 Å². The van der Waals surface area contributed by atoms with Gasteiger partial charge in [-0.05, 0) is 69.4 Å². The predicted octanol–water partition coefficient (Wildman–Crippen LogP) is 2.76. The second-order valence-corrected chi connectivity index (χ2v) is 7.09. The van der Waals surface area contributed by atoms with Gasteiger partial charge in [-0.25, -0.2) is 14.0 Å². The van der Waals surface area contributed by atoms with Crippen LogP contribution in [0, 0.1) is 11.7 Å². The lowest BCUT2D eigenvalue weighted by molar-refractivity contribution is -0.159. The number of nitrogens with one attached hydrogen (secondary N) is 1. The number of hydrogen-bond donors (Lipinski definition) is 3. The summed E-state index contributed by atoms with van der Waals surface area (Å²) < 4.78 is 12.9. The van der Waals surface area contributed by atoms with Gasteiger partial charge in [-0.3, -0.25) is 9.59 Å². The van der Waals surface area contributed by atoms with Crippen LogP contribution >= 0.6 is 0 Å². The molecule has 3 rings (SSSR count). The van der Waals surface area contributed by atoms with E-state index in [9.17, 15) is 14.0 Å². The lowest BCUT2D eigenvalue weighted by Gasteiger charge is -2.28. The van der Waals surface area contributed by atoms with Gasteiger partial charge >= 0.3 is 11.9 Å². The highest BCUT2D eigenvalue weighted by atomic mass is 19.1. The lowest BCUT2D eigenvalue weighted by Crippen LogP contribution is -2.33. The van der Waals surface area contributed by atoms with E-state index in [2.05, 4.69) is 17.3 Å². The number of hydrogen-bond acceptors (Lipinski definition) is 5. The molecular formula is C22H23FN2O6. The van der Waals surface area contributed by atoms with Crippen LogP contribution in [0.25, 0.3) is 0 Å². The minimum Gasteiger partial charge on any atom is -0.473 e. The second-order valence-electron chi connectivity index (χ2n) is 7.09. The fourth-order valence-corrected chi connectivity index (χ4v) is 3.06. The number of carbonyl (C=O) groups is 4. The van der Waals surface area contributed by atoms with Gasteiger partial charge in [-0.1, -0.05) is 12.1 Å². The van der Waals surface area contributed by atoms with Crippen molar-refractivity contribution in [3.63, 3.8) is 0 Å². The zero-order valence-electron chi connectivity index (χ0n) is 16.9. The van der Waals surface area contributed by atoms with Crippen molar-refractivity contribution in [2.75, 3.05) is 25.5 Å². The number of aliphatic carboxylic acids is 2. The molecule has 0 atom stereocenters. The maximum Gasteiger partial charge on any atom is 0.414 e. The Balaban J connectivity index is 0.000000501. The minimum atomic E-state index is -1.82. The number of carbonyl (C=O) groups excluding carboxylic acids is 2. The van der Waals surface area contributed by atoms with Crippen LogP contribution in [0.15, 0.2) is 48.5 Å². The number of nitrogens with zero attached hydrogens (tertiary/aromatic N) is 1. The summed E-state index contributed by atoms with van der Waals surface area (Å²) in [7, 11) is 2.06. The lowest BCUT2D eigenvalue weighted by atomic mass is 9.89. The third kappa shape index (κ3) is 7.31. The van der Waals surface area contributed by atoms with Crippen molar-refractivity contribution in [2.45, 2.75) is 12.8 Å². The molecule has 1 aliphatic rings. The first-order valence-corrected chi connectivity index (χ1v) is 9.53. The average molecular weight is 430 g/mol. The molecule has 2 aromatic rings. The van der Waals surface area contributed by atoms with E-state index in [1.165, 1.54) is 24.3 Å². The Labute approximate surface area is 178 Å². The summed E-state index contributed by atoms with van der Waals surface area (Å²) in [6, 6.07) is 12.4. The molecule has 2 aromatic carbocycles. The van der Waals surface area contributed by atoms with E-state index in [-0.39, 0.29) is 23.4 Å². The number of rotatable bonds is 4. The molecule has 1 heterocycles. The number of benzene rings is 2. The van der Waals surface area contributed by atoms with Crippen LogP contribution < -0.4 is 5.32 Å². The first kappa shape index (κ1) is 23.7. The number of ketones is 1. The summed E-state index contributed by atoms with van der Waals surface area (Å²) in [5.41, 5.74) is 1.55. The molecule has 3 N–H and O–H groups in total. The Morgan fingerprint density at radius 2 is 1.52 bits per heavy atom. The van der Waals surface area contributed by atoms with Gasteiger partial charge in [0.25, 0.3) is 5.91 Å². The van der Waals surface area contributed by atoms with Gasteiger partial charge < -0.3 is 20.4 Å². The highest BCUT2D eigenvalue weighted by Gasteiger charge is 2.24. The zero-order valence-corrected chi connectivity index (χ0v) is 16.9. The van der Waals surface area contributed by atoms with E-state index in [0.717, 1.165) is 25.9 Å². The molecule has 0 saturated carbocycles. The number of anilines is 1. The minimum absolute atomic E-state index is 0.0410. The summed E-state index contributed by atoms with van der Waals surface area (Å²) in [4.78, 5) is 45.3. The van der Waals surface area contributed by atoms with Gasteiger partial charge in [0.05, 0.1) is 0 Å².